The summed E-state index contributed by atoms with van der Waals surface area (Å²) in [5.74, 6) is 0.00579. The highest BCUT2D eigenvalue weighted by Gasteiger charge is 2.27. The fraction of sp³-hybridized carbons (Fsp3) is 0.500. The van der Waals surface area contributed by atoms with Crippen molar-refractivity contribution in [1.82, 2.24) is 4.90 Å². The number of nitrogens with zero attached hydrogens (tertiary/aromatic N) is 1. The first-order valence-corrected chi connectivity index (χ1v) is 6.41. The summed E-state index contributed by atoms with van der Waals surface area (Å²) in [7, 11) is 0. The number of hydrogen-bond acceptors (Lipinski definition) is 3. The number of aliphatic hydroxyl groups excluding tert-OH is 1. The van der Waals surface area contributed by atoms with Crippen molar-refractivity contribution in [2.75, 3.05) is 18.9 Å². The smallest absolute Gasteiger partial charge is 0.254 e. The molecule has 98 valence electrons. The van der Waals surface area contributed by atoms with Crippen LogP contribution in [0.2, 0.25) is 0 Å². The quantitative estimate of drug-likeness (QED) is 0.781. The number of benzene rings is 1. The van der Waals surface area contributed by atoms with E-state index >= 15 is 0 Å². The Labute approximate surface area is 107 Å². The molecule has 0 radical (unpaired) electrons. The van der Waals surface area contributed by atoms with Crippen LogP contribution in [-0.4, -0.2) is 35.1 Å². The number of carbonyl (C=O) groups is 1. The number of carbonyl (C=O) groups excluding carboxylic acids is 1. The van der Waals surface area contributed by atoms with Crippen molar-refractivity contribution >= 4 is 11.6 Å². The van der Waals surface area contributed by atoms with Gasteiger partial charge in [-0.05, 0) is 49.9 Å². The predicted octanol–water partition coefficient (Wildman–Crippen LogP) is 1.56. The lowest BCUT2D eigenvalue weighted by Gasteiger charge is -2.35. The largest absolute Gasteiger partial charge is 0.399 e. The molecular weight excluding hydrogens is 228 g/mol. The van der Waals surface area contributed by atoms with Crippen molar-refractivity contribution in [3.63, 3.8) is 0 Å². The van der Waals surface area contributed by atoms with Gasteiger partial charge >= 0.3 is 0 Å². The van der Waals surface area contributed by atoms with Crippen LogP contribution in [0.15, 0.2) is 18.2 Å². The topological polar surface area (TPSA) is 66.6 Å². The molecular formula is C14H20N2O2. The average Bonchev–Trinajstić information content (AvgIpc) is 2.38. The zero-order valence-corrected chi connectivity index (χ0v) is 10.7. The average molecular weight is 248 g/mol. The Morgan fingerprint density at radius 1 is 1.50 bits per heavy atom. The van der Waals surface area contributed by atoms with E-state index in [0.29, 0.717) is 11.3 Å². The third-order valence-electron chi connectivity index (χ3n) is 3.58. The molecule has 1 saturated heterocycles. The summed E-state index contributed by atoms with van der Waals surface area (Å²) in [6.07, 6.45) is 2.97. The highest BCUT2D eigenvalue weighted by Crippen LogP contribution is 2.21. The first-order valence-electron chi connectivity index (χ1n) is 6.41. The van der Waals surface area contributed by atoms with Gasteiger partial charge in [0.1, 0.15) is 0 Å². The highest BCUT2D eigenvalue weighted by molar-refractivity contribution is 5.96. The van der Waals surface area contributed by atoms with Gasteiger partial charge in [-0.25, -0.2) is 0 Å². The first-order chi connectivity index (χ1) is 8.63. The minimum absolute atomic E-state index is 0.00579. The predicted molar refractivity (Wildman–Crippen MR) is 71.4 cm³/mol. The third-order valence-corrected chi connectivity index (χ3v) is 3.58. The maximum Gasteiger partial charge on any atom is 0.254 e. The number of hydrogen-bond donors (Lipinski definition) is 2. The zero-order chi connectivity index (χ0) is 13.1. The Bertz CT molecular complexity index is 445. The molecule has 1 amide bonds. The number of anilines is 1. The van der Waals surface area contributed by atoms with Crippen LogP contribution in [0.25, 0.3) is 0 Å². The van der Waals surface area contributed by atoms with Crippen LogP contribution in [0.3, 0.4) is 0 Å². The van der Waals surface area contributed by atoms with Crippen molar-refractivity contribution in [3.8, 4) is 0 Å². The molecule has 0 saturated carbocycles. The molecule has 1 unspecified atom stereocenters. The molecule has 1 heterocycles. The summed E-state index contributed by atoms with van der Waals surface area (Å²) in [6.45, 7) is 2.66. The molecule has 4 heteroatoms. The molecule has 3 N–H and O–H groups in total. The van der Waals surface area contributed by atoms with E-state index in [2.05, 4.69) is 0 Å². The maximum atomic E-state index is 12.5. The van der Waals surface area contributed by atoms with E-state index in [0.717, 1.165) is 31.4 Å². The lowest BCUT2D eigenvalue weighted by Crippen LogP contribution is -2.45. The highest BCUT2D eigenvalue weighted by atomic mass is 16.3. The Morgan fingerprint density at radius 2 is 2.28 bits per heavy atom. The molecule has 1 aromatic carbocycles. The molecule has 1 fully saturated rings. The van der Waals surface area contributed by atoms with Crippen LogP contribution in [0, 0.1) is 6.92 Å². The molecule has 4 nitrogen and oxygen atoms in total. The van der Waals surface area contributed by atoms with Gasteiger partial charge in [-0.1, -0.05) is 0 Å². The molecule has 18 heavy (non-hydrogen) atoms. The number of nitrogen functional groups attached to an aromatic ring is 1. The van der Waals surface area contributed by atoms with Crippen LogP contribution in [0.4, 0.5) is 5.69 Å². The fourth-order valence-electron chi connectivity index (χ4n) is 2.54. The van der Waals surface area contributed by atoms with E-state index in [1.54, 1.807) is 17.0 Å². The molecule has 1 aromatic rings. The Morgan fingerprint density at radius 3 is 2.94 bits per heavy atom. The van der Waals surface area contributed by atoms with Gasteiger partial charge in [0.25, 0.3) is 5.91 Å². The monoisotopic (exact) mass is 248 g/mol. The van der Waals surface area contributed by atoms with Gasteiger partial charge in [0.15, 0.2) is 0 Å². The number of piperidine rings is 1. The van der Waals surface area contributed by atoms with Crippen molar-refractivity contribution in [3.05, 3.63) is 29.3 Å². The summed E-state index contributed by atoms with van der Waals surface area (Å²) in [5, 5.41) is 9.36. The summed E-state index contributed by atoms with van der Waals surface area (Å²) in [6, 6.07) is 5.29. The third kappa shape index (κ3) is 2.48. The summed E-state index contributed by atoms with van der Waals surface area (Å²) < 4.78 is 0. The van der Waals surface area contributed by atoms with Crippen molar-refractivity contribution in [2.24, 2.45) is 0 Å². The van der Waals surface area contributed by atoms with Gasteiger partial charge in [-0.15, -0.1) is 0 Å². The van der Waals surface area contributed by atoms with Gasteiger partial charge in [0, 0.05) is 17.8 Å². The summed E-state index contributed by atoms with van der Waals surface area (Å²) in [4.78, 5) is 14.3. The number of likely N-dealkylation sites (tertiary alicyclic amines) is 1. The van der Waals surface area contributed by atoms with Crippen LogP contribution in [0.5, 0.6) is 0 Å². The van der Waals surface area contributed by atoms with Crippen LogP contribution in [-0.2, 0) is 0 Å². The second kappa shape index (κ2) is 5.40. The molecule has 2 rings (SSSR count). The van der Waals surface area contributed by atoms with Gasteiger partial charge < -0.3 is 15.7 Å². The Hall–Kier alpha value is -1.55. The van der Waals surface area contributed by atoms with E-state index in [1.165, 1.54) is 0 Å². The van der Waals surface area contributed by atoms with Crippen LogP contribution in [0.1, 0.15) is 35.2 Å². The molecule has 0 bridgehead atoms. The molecule has 0 aromatic heterocycles. The van der Waals surface area contributed by atoms with E-state index in [-0.39, 0.29) is 18.6 Å². The van der Waals surface area contributed by atoms with Gasteiger partial charge in [0.2, 0.25) is 0 Å². The molecule has 1 aliphatic rings. The van der Waals surface area contributed by atoms with Crippen molar-refractivity contribution < 1.29 is 9.90 Å². The lowest BCUT2D eigenvalue weighted by molar-refractivity contribution is 0.0502. The van der Waals surface area contributed by atoms with Crippen molar-refractivity contribution in [1.29, 1.82) is 0 Å². The molecule has 1 aliphatic heterocycles. The van der Waals surface area contributed by atoms with E-state index < -0.39 is 0 Å². The summed E-state index contributed by atoms with van der Waals surface area (Å²) in [5.41, 5.74) is 7.94. The first kappa shape index (κ1) is 12.9. The van der Waals surface area contributed by atoms with E-state index in [9.17, 15) is 9.90 Å². The van der Waals surface area contributed by atoms with E-state index in [4.69, 9.17) is 5.73 Å². The fourth-order valence-corrected chi connectivity index (χ4v) is 2.54. The second-order valence-corrected chi connectivity index (χ2v) is 4.91. The molecule has 1 atom stereocenters. The zero-order valence-electron chi connectivity index (χ0n) is 10.7. The van der Waals surface area contributed by atoms with Crippen LogP contribution < -0.4 is 5.73 Å². The SMILES string of the molecule is Cc1cc(N)ccc1C(=O)N1CCCCC1CO. The van der Waals surface area contributed by atoms with Gasteiger partial charge in [0.05, 0.1) is 12.6 Å². The Kier molecular flexibility index (Phi) is 3.87. The van der Waals surface area contributed by atoms with Gasteiger partial charge in [-0.3, -0.25) is 4.79 Å². The number of nitrogens with two attached hydrogens (primary N) is 1. The molecule has 0 spiro atoms. The number of aliphatic hydroxyl groups is 1. The number of amides is 1. The normalized spacial score (nSPS) is 19.9. The van der Waals surface area contributed by atoms with Crippen LogP contribution >= 0.6 is 0 Å². The van der Waals surface area contributed by atoms with E-state index in [1.807, 2.05) is 13.0 Å². The lowest BCUT2D eigenvalue weighted by atomic mass is 10.00. The number of aryl methyl sites for hydroxylation is 1. The minimum Gasteiger partial charge on any atom is -0.399 e. The van der Waals surface area contributed by atoms with Gasteiger partial charge in [-0.2, -0.15) is 0 Å². The van der Waals surface area contributed by atoms with Crippen molar-refractivity contribution in [2.45, 2.75) is 32.2 Å². The minimum atomic E-state index is -0.0387. The standard InChI is InChI=1S/C14H20N2O2/c1-10-8-11(15)5-6-13(10)14(18)16-7-3-2-4-12(16)9-17/h5-6,8,12,17H,2-4,7,9,15H2,1H3. The maximum absolute atomic E-state index is 12.5. The molecule has 0 aliphatic carbocycles. The second-order valence-electron chi connectivity index (χ2n) is 4.91. The Balaban J connectivity index is 2.24. The summed E-state index contributed by atoms with van der Waals surface area (Å²) >= 11 is 0. The number of rotatable bonds is 2.